The maximum absolute atomic E-state index is 5.44. The van der Waals surface area contributed by atoms with Crippen molar-refractivity contribution < 1.29 is 0 Å². The van der Waals surface area contributed by atoms with Gasteiger partial charge in [0.05, 0.1) is 12.3 Å². The van der Waals surface area contributed by atoms with Crippen LogP contribution in [0.15, 0.2) is 57.8 Å². The maximum atomic E-state index is 5.44. The zero-order chi connectivity index (χ0) is 28.9. The van der Waals surface area contributed by atoms with Crippen LogP contribution in [0.3, 0.4) is 0 Å². The summed E-state index contributed by atoms with van der Waals surface area (Å²) in [6, 6.07) is 13.6. The second kappa shape index (κ2) is 13.5. The summed E-state index contributed by atoms with van der Waals surface area (Å²) in [7, 11) is 0. The molecule has 4 saturated heterocycles. The van der Waals surface area contributed by atoms with Gasteiger partial charge in [0.15, 0.2) is 0 Å². The summed E-state index contributed by atoms with van der Waals surface area (Å²) in [4.78, 5) is 18.1. The molecule has 42 heavy (non-hydrogen) atoms. The van der Waals surface area contributed by atoms with Gasteiger partial charge >= 0.3 is 0 Å². The topological polar surface area (TPSA) is 34.4 Å². The Labute approximate surface area is 258 Å². The Bertz CT molecular complexity index is 1300. The summed E-state index contributed by atoms with van der Waals surface area (Å²) in [5.41, 5.74) is 5.85. The molecular weight excluding hydrogens is 534 g/mol. The lowest BCUT2D eigenvalue weighted by molar-refractivity contribution is 0.180. The molecule has 0 aromatic heterocycles. The number of thioether (sulfide) groups is 1. The minimum absolute atomic E-state index is 0.476. The molecule has 1 atom stereocenters. The Balaban J connectivity index is 1.30. The number of hydrogen-bond donors (Lipinski definition) is 0. The normalized spacial score (nSPS) is 25.2. The molecule has 226 valence electrons. The lowest BCUT2D eigenvalue weighted by Gasteiger charge is -2.36. The van der Waals surface area contributed by atoms with Crippen LogP contribution in [0.5, 0.6) is 0 Å². The van der Waals surface area contributed by atoms with E-state index in [1.54, 1.807) is 0 Å². The van der Waals surface area contributed by atoms with Crippen LogP contribution in [0.1, 0.15) is 76.7 Å². The van der Waals surface area contributed by atoms with E-state index in [0.29, 0.717) is 10.8 Å². The molecule has 0 radical (unpaired) electrons. The molecule has 4 heterocycles. The van der Waals surface area contributed by atoms with Crippen molar-refractivity contribution in [3.05, 3.63) is 53.4 Å². The largest absolute Gasteiger partial charge is 0.365 e. The third-order valence-corrected chi connectivity index (χ3v) is 11.7. The zero-order valence-electron chi connectivity index (χ0n) is 26.1. The highest BCUT2D eigenvalue weighted by Gasteiger charge is 2.43. The number of nitrogens with zero attached hydrogens (tertiary/aromatic N) is 5. The van der Waals surface area contributed by atoms with Gasteiger partial charge in [-0.25, -0.2) is 4.99 Å². The second-order valence-corrected chi connectivity index (χ2v) is 14.1. The smallest absolute Gasteiger partial charge is 0.132 e. The number of anilines is 1. The summed E-state index contributed by atoms with van der Waals surface area (Å²) in [5.74, 6) is 1.11. The van der Waals surface area contributed by atoms with Crippen LogP contribution in [0, 0.1) is 0 Å². The summed E-state index contributed by atoms with van der Waals surface area (Å²) in [6.07, 6.45) is 16.1. The number of aliphatic imine (C=N–C) groups is 2. The molecule has 4 fully saturated rings. The summed E-state index contributed by atoms with van der Waals surface area (Å²) < 4.78 is 0. The van der Waals surface area contributed by atoms with Crippen molar-refractivity contribution >= 4 is 40.7 Å². The predicted molar refractivity (Wildman–Crippen MR) is 184 cm³/mol. The molecule has 2 aromatic rings. The molecule has 0 aliphatic carbocycles. The molecule has 0 bridgehead atoms. The molecular formula is C36H51N5S. The molecule has 0 N–H and O–H groups in total. The highest BCUT2D eigenvalue weighted by atomic mass is 32.2. The Morgan fingerprint density at radius 2 is 1.83 bits per heavy atom. The molecule has 0 spiro atoms. The van der Waals surface area contributed by atoms with Crippen LogP contribution < -0.4 is 4.90 Å². The molecule has 0 saturated carbocycles. The first kappa shape index (κ1) is 29.7. The van der Waals surface area contributed by atoms with Gasteiger partial charge in [-0.05, 0) is 107 Å². The lowest BCUT2D eigenvalue weighted by atomic mass is 9.89. The molecule has 2 aromatic carbocycles. The number of fused-ring (bicyclic) bond motifs is 2. The van der Waals surface area contributed by atoms with Crippen LogP contribution in [0.25, 0.3) is 10.8 Å². The Hall–Kier alpha value is -2.31. The first-order valence-corrected chi connectivity index (χ1v) is 18.0. The van der Waals surface area contributed by atoms with Crippen LogP contribution in [0.2, 0.25) is 0 Å². The van der Waals surface area contributed by atoms with Gasteiger partial charge in [-0.15, -0.1) is 0 Å². The van der Waals surface area contributed by atoms with Gasteiger partial charge in [-0.3, -0.25) is 9.89 Å². The lowest BCUT2D eigenvalue weighted by Crippen LogP contribution is -2.40. The van der Waals surface area contributed by atoms with Crippen LogP contribution in [0.4, 0.5) is 5.69 Å². The SMILES string of the molecule is C=N/C(=C1/CCN(c2cccc3cccc(CC)c23)CC1=NCCCC12CCCN1CCC2)N1CCCCC(SC)C1. The Morgan fingerprint density at radius 3 is 2.60 bits per heavy atom. The number of rotatable bonds is 9. The van der Waals surface area contributed by atoms with Gasteiger partial charge < -0.3 is 9.80 Å². The zero-order valence-corrected chi connectivity index (χ0v) is 26.9. The maximum Gasteiger partial charge on any atom is 0.132 e. The minimum Gasteiger partial charge on any atom is -0.365 e. The number of piperidine rings is 1. The summed E-state index contributed by atoms with van der Waals surface area (Å²) in [5, 5.41) is 3.41. The van der Waals surface area contributed by atoms with E-state index in [0.717, 1.165) is 51.4 Å². The first-order valence-electron chi connectivity index (χ1n) is 16.7. The van der Waals surface area contributed by atoms with Crippen LogP contribution in [-0.4, -0.2) is 85.1 Å². The predicted octanol–water partition coefficient (Wildman–Crippen LogP) is 7.59. The fourth-order valence-corrected chi connectivity index (χ4v) is 9.15. The van der Waals surface area contributed by atoms with Crippen molar-refractivity contribution in [1.82, 2.24) is 9.80 Å². The van der Waals surface area contributed by atoms with Gasteiger partial charge in [0.1, 0.15) is 5.82 Å². The standard InChI is InChI=1S/C36H51N5S/c1-4-28-12-7-13-29-14-8-16-33(34(28)29)39-25-17-31(35(37-2)40-22-6-5-15-30(26-40)42-3)32(27-39)38-21-9-18-36-19-10-23-41(36)24-11-20-36/h7-8,12-14,16,30H,2,4-6,9-11,15,17-27H2,1,3H3/b35-31+,38-32?. The molecule has 0 amide bonds. The quantitative estimate of drug-likeness (QED) is 0.224. The monoisotopic (exact) mass is 585 g/mol. The fourth-order valence-electron chi connectivity index (χ4n) is 8.42. The van der Waals surface area contributed by atoms with Crippen molar-refractivity contribution in [2.24, 2.45) is 9.98 Å². The number of likely N-dealkylation sites (tertiary alicyclic amines) is 1. The number of benzene rings is 2. The van der Waals surface area contributed by atoms with E-state index in [-0.39, 0.29) is 0 Å². The van der Waals surface area contributed by atoms with E-state index >= 15 is 0 Å². The van der Waals surface area contributed by atoms with E-state index in [1.807, 2.05) is 11.8 Å². The highest BCUT2D eigenvalue weighted by molar-refractivity contribution is 7.99. The second-order valence-electron chi connectivity index (χ2n) is 12.9. The molecule has 4 aliphatic heterocycles. The summed E-state index contributed by atoms with van der Waals surface area (Å²) >= 11 is 2.01. The molecule has 5 nitrogen and oxygen atoms in total. The third kappa shape index (κ3) is 6.04. The molecule has 1 unspecified atom stereocenters. The minimum atomic E-state index is 0.476. The van der Waals surface area contributed by atoms with Gasteiger partial charge in [0.2, 0.25) is 0 Å². The van der Waals surface area contributed by atoms with Gasteiger partial charge in [0, 0.05) is 53.6 Å². The third-order valence-electron chi connectivity index (χ3n) is 10.6. The molecule has 4 aliphatic rings. The van der Waals surface area contributed by atoms with Crippen molar-refractivity contribution in [1.29, 1.82) is 0 Å². The van der Waals surface area contributed by atoms with Crippen molar-refractivity contribution in [3.63, 3.8) is 0 Å². The average Bonchev–Trinajstić information content (AvgIpc) is 3.52. The number of hydrogen-bond acceptors (Lipinski definition) is 6. The highest BCUT2D eigenvalue weighted by Crippen LogP contribution is 2.42. The first-order chi connectivity index (χ1) is 20.7. The molecule has 6 heteroatoms. The van der Waals surface area contributed by atoms with E-state index in [4.69, 9.17) is 9.98 Å². The fraction of sp³-hybridized carbons (Fsp3) is 0.611. The van der Waals surface area contributed by atoms with Crippen molar-refractivity contribution in [2.45, 2.75) is 88.3 Å². The Morgan fingerprint density at radius 1 is 1.02 bits per heavy atom. The van der Waals surface area contributed by atoms with Crippen LogP contribution in [-0.2, 0) is 6.42 Å². The van der Waals surface area contributed by atoms with E-state index < -0.39 is 0 Å². The van der Waals surface area contributed by atoms with Crippen molar-refractivity contribution in [3.8, 4) is 0 Å². The van der Waals surface area contributed by atoms with Crippen LogP contribution >= 0.6 is 11.8 Å². The van der Waals surface area contributed by atoms with E-state index in [9.17, 15) is 0 Å². The van der Waals surface area contributed by atoms with Gasteiger partial charge in [-0.2, -0.15) is 11.8 Å². The Kier molecular flexibility index (Phi) is 9.60. The summed E-state index contributed by atoms with van der Waals surface area (Å²) in [6.45, 7) is 13.9. The average molecular weight is 586 g/mol. The van der Waals surface area contributed by atoms with Gasteiger partial charge in [0.25, 0.3) is 0 Å². The van der Waals surface area contributed by atoms with E-state index in [2.05, 4.69) is 71.0 Å². The van der Waals surface area contributed by atoms with Gasteiger partial charge in [-0.1, -0.05) is 43.7 Å². The number of aryl methyl sites for hydroxylation is 1. The molecule has 6 rings (SSSR count). The van der Waals surface area contributed by atoms with E-state index in [1.165, 1.54) is 104 Å². The van der Waals surface area contributed by atoms with Crippen molar-refractivity contribution in [2.75, 3.05) is 57.0 Å².